The number of methoxy groups -OCH3 is 2. The van der Waals surface area contributed by atoms with Crippen LogP contribution in [0.2, 0.25) is 0 Å². The summed E-state index contributed by atoms with van der Waals surface area (Å²) in [6.07, 6.45) is 2.45. The van der Waals surface area contributed by atoms with Gasteiger partial charge in [0, 0.05) is 38.6 Å². The van der Waals surface area contributed by atoms with Crippen molar-refractivity contribution >= 4 is 40.8 Å². The van der Waals surface area contributed by atoms with Crippen molar-refractivity contribution in [2.45, 2.75) is 30.1 Å². The van der Waals surface area contributed by atoms with Crippen molar-refractivity contribution in [2.24, 2.45) is 5.92 Å². The van der Waals surface area contributed by atoms with E-state index < -0.39 is 23.8 Å². The lowest BCUT2D eigenvalue weighted by atomic mass is 9.68. The summed E-state index contributed by atoms with van der Waals surface area (Å²) < 4.78 is 10.1. The van der Waals surface area contributed by atoms with Gasteiger partial charge in [0.25, 0.3) is 0 Å². The Labute approximate surface area is 201 Å². The second-order valence-electron chi connectivity index (χ2n) is 7.94. The number of ketones is 1. The molecule has 33 heavy (non-hydrogen) atoms. The Kier molecular flexibility index (Phi) is 6.76. The Morgan fingerprint density at radius 1 is 1.12 bits per heavy atom. The maximum absolute atomic E-state index is 14.0. The summed E-state index contributed by atoms with van der Waals surface area (Å²) in [5.41, 5.74) is 2.99. The van der Waals surface area contributed by atoms with Crippen LogP contribution in [-0.4, -0.2) is 38.2 Å². The minimum absolute atomic E-state index is 0.318. The van der Waals surface area contributed by atoms with Crippen LogP contribution in [-0.2, 0) is 23.9 Å². The molecule has 1 aromatic heterocycles. The molecule has 0 radical (unpaired) electrons. The van der Waals surface area contributed by atoms with E-state index in [-0.39, 0.29) is 11.7 Å². The number of allylic oxidation sites excluding steroid dienone is 3. The molecular weight excluding hydrogens is 458 g/mol. The Hall–Kier alpha value is -2.84. The first kappa shape index (κ1) is 23.3. The smallest absolute Gasteiger partial charge is 0.336 e. The van der Waals surface area contributed by atoms with E-state index in [1.165, 1.54) is 25.6 Å². The Balaban J connectivity index is 1.89. The van der Waals surface area contributed by atoms with Crippen LogP contribution in [0.15, 0.2) is 69.2 Å². The van der Waals surface area contributed by atoms with Crippen molar-refractivity contribution in [1.82, 2.24) is 5.32 Å². The lowest BCUT2D eigenvalue weighted by Crippen LogP contribution is -2.43. The first-order valence-electron chi connectivity index (χ1n) is 10.5. The average molecular weight is 484 g/mol. The number of carbonyl (C=O) groups is 3. The number of nitrogens with one attached hydrogen (secondary N) is 1. The molecule has 2 aliphatic rings. The minimum atomic E-state index is -0.973. The van der Waals surface area contributed by atoms with E-state index in [0.29, 0.717) is 23.3 Å². The zero-order valence-electron chi connectivity index (χ0n) is 18.8. The number of thiophene rings is 1. The van der Waals surface area contributed by atoms with Crippen molar-refractivity contribution in [3.63, 3.8) is 0 Å². The number of carbonyl (C=O) groups excluding carboxylic acids is 3. The van der Waals surface area contributed by atoms with Gasteiger partial charge in [-0.25, -0.2) is 4.79 Å². The monoisotopic (exact) mass is 483 g/mol. The lowest BCUT2D eigenvalue weighted by Gasteiger charge is -2.39. The fourth-order valence-corrected chi connectivity index (χ4v) is 5.99. The number of benzene rings is 1. The molecule has 0 saturated heterocycles. The van der Waals surface area contributed by atoms with Crippen LogP contribution < -0.4 is 5.32 Å². The van der Waals surface area contributed by atoms with Crippen molar-refractivity contribution in [1.29, 1.82) is 0 Å². The van der Waals surface area contributed by atoms with Crippen LogP contribution in [0.25, 0.3) is 0 Å². The van der Waals surface area contributed by atoms with E-state index in [0.717, 1.165) is 21.0 Å². The highest BCUT2D eigenvalue weighted by Gasteiger charge is 2.49. The number of hydrogen-bond acceptors (Lipinski definition) is 8. The summed E-state index contributed by atoms with van der Waals surface area (Å²) >= 11 is 3.13. The fraction of sp³-hybridized carbons (Fsp3) is 0.320. The van der Waals surface area contributed by atoms with Crippen LogP contribution in [0.3, 0.4) is 0 Å². The molecule has 172 valence electrons. The maximum atomic E-state index is 14.0. The van der Waals surface area contributed by atoms with Crippen LogP contribution in [0.1, 0.15) is 35.6 Å². The average Bonchev–Trinajstić information content (AvgIpc) is 3.37. The molecule has 6 nitrogen and oxygen atoms in total. The fourth-order valence-electron chi connectivity index (χ4n) is 4.71. The normalized spacial score (nSPS) is 22.5. The molecule has 4 rings (SSSR count). The molecule has 2 aromatic rings. The van der Waals surface area contributed by atoms with E-state index in [9.17, 15) is 14.4 Å². The quantitative estimate of drug-likeness (QED) is 0.383. The molecule has 8 heteroatoms. The molecule has 2 heterocycles. The third-order valence-electron chi connectivity index (χ3n) is 6.24. The van der Waals surface area contributed by atoms with Crippen LogP contribution >= 0.6 is 23.1 Å². The first-order valence-corrected chi connectivity index (χ1v) is 12.6. The van der Waals surface area contributed by atoms with Gasteiger partial charge in [-0.2, -0.15) is 0 Å². The number of dihydropyridines is 1. The van der Waals surface area contributed by atoms with Gasteiger partial charge in [0.1, 0.15) is 5.92 Å². The summed E-state index contributed by atoms with van der Waals surface area (Å²) in [5.74, 6) is -3.32. The summed E-state index contributed by atoms with van der Waals surface area (Å²) in [6.45, 7) is 1.82. The predicted molar refractivity (Wildman–Crippen MR) is 128 cm³/mol. The molecule has 0 amide bonds. The molecule has 1 aliphatic heterocycles. The molecule has 0 bridgehead atoms. The number of Topliss-reactive ketones (excluding diaryl/α,β-unsaturated/α-hetero) is 1. The highest BCUT2D eigenvalue weighted by molar-refractivity contribution is 7.98. The molecule has 0 saturated carbocycles. The Morgan fingerprint density at radius 2 is 1.85 bits per heavy atom. The van der Waals surface area contributed by atoms with Gasteiger partial charge in [0.15, 0.2) is 5.78 Å². The van der Waals surface area contributed by atoms with Gasteiger partial charge < -0.3 is 14.8 Å². The standard InChI is InChI=1S/C25H25NO5S2/c1-13-19(24(28)30-2)20(14-7-9-15(32-4)10-8-14)22-17(26-13)12-16(18-6-5-11-33-18)21(23(22)27)25(29)31-3/h5-11,16,20-21,26H,12H2,1-4H3/t16-,20-,21-/m1/s1. The molecular formula is C25H25NO5S2. The zero-order chi connectivity index (χ0) is 23.7. The number of rotatable bonds is 5. The molecule has 0 unspecified atom stereocenters. The largest absolute Gasteiger partial charge is 0.468 e. The lowest BCUT2D eigenvalue weighted by molar-refractivity contribution is -0.149. The highest BCUT2D eigenvalue weighted by Crippen LogP contribution is 2.48. The van der Waals surface area contributed by atoms with Crippen molar-refractivity contribution in [3.8, 4) is 0 Å². The van der Waals surface area contributed by atoms with Gasteiger partial charge in [0.05, 0.1) is 19.8 Å². The summed E-state index contributed by atoms with van der Waals surface area (Å²) in [5, 5.41) is 5.23. The predicted octanol–water partition coefficient (Wildman–Crippen LogP) is 4.40. The summed E-state index contributed by atoms with van der Waals surface area (Å²) in [6, 6.07) is 11.6. The third-order valence-corrected chi connectivity index (χ3v) is 7.99. The van der Waals surface area contributed by atoms with Crippen molar-refractivity contribution in [2.75, 3.05) is 20.5 Å². The topological polar surface area (TPSA) is 81.7 Å². The van der Waals surface area contributed by atoms with E-state index in [2.05, 4.69) is 5.32 Å². The second kappa shape index (κ2) is 9.57. The van der Waals surface area contributed by atoms with Gasteiger partial charge >= 0.3 is 11.9 Å². The number of hydrogen-bond donors (Lipinski definition) is 1. The third kappa shape index (κ3) is 4.13. The molecule has 1 aliphatic carbocycles. The van der Waals surface area contributed by atoms with Crippen LogP contribution in [0, 0.1) is 5.92 Å². The summed E-state index contributed by atoms with van der Waals surface area (Å²) in [7, 11) is 2.62. The van der Waals surface area contributed by atoms with Crippen LogP contribution in [0.5, 0.6) is 0 Å². The minimum Gasteiger partial charge on any atom is -0.468 e. The van der Waals surface area contributed by atoms with Crippen molar-refractivity contribution in [3.05, 3.63) is 74.8 Å². The highest BCUT2D eigenvalue weighted by atomic mass is 32.2. The zero-order valence-corrected chi connectivity index (χ0v) is 20.5. The van der Waals surface area contributed by atoms with Crippen LogP contribution in [0.4, 0.5) is 0 Å². The number of thioether (sulfide) groups is 1. The second-order valence-corrected chi connectivity index (χ2v) is 9.80. The molecule has 0 spiro atoms. The molecule has 3 atom stereocenters. The maximum Gasteiger partial charge on any atom is 0.336 e. The van der Waals surface area contributed by atoms with E-state index in [1.54, 1.807) is 11.8 Å². The molecule has 1 N–H and O–H groups in total. The van der Waals surface area contributed by atoms with E-state index >= 15 is 0 Å². The Morgan fingerprint density at radius 3 is 2.42 bits per heavy atom. The van der Waals surface area contributed by atoms with Gasteiger partial charge in [-0.15, -0.1) is 23.1 Å². The molecule has 1 aromatic carbocycles. The van der Waals surface area contributed by atoms with Gasteiger partial charge in [0.2, 0.25) is 0 Å². The van der Waals surface area contributed by atoms with Crippen molar-refractivity contribution < 1.29 is 23.9 Å². The summed E-state index contributed by atoms with van der Waals surface area (Å²) in [4.78, 5) is 41.7. The number of ether oxygens (including phenoxy) is 2. The Bertz CT molecular complexity index is 1150. The first-order chi connectivity index (χ1) is 15.9. The van der Waals surface area contributed by atoms with E-state index in [1.807, 2.05) is 55.0 Å². The van der Waals surface area contributed by atoms with Gasteiger partial charge in [-0.3, -0.25) is 9.59 Å². The number of esters is 2. The van der Waals surface area contributed by atoms with Gasteiger partial charge in [-0.05, 0) is 48.7 Å². The van der Waals surface area contributed by atoms with Gasteiger partial charge in [-0.1, -0.05) is 18.2 Å². The SMILES string of the molecule is COC(=O)C1=C(C)NC2=C(C(=O)[C@H](C(=O)OC)[C@@H](c3cccs3)C2)[C@@H]1c1ccc(SC)cc1. The molecule has 0 fully saturated rings. The van der Waals surface area contributed by atoms with E-state index in [4.69, 9.17) is 9.47 Å².